The van der Waals surface area contributed by atoms with Crippen LogP contribution in [0.3, 0.4) is 0 Å². The molecule has 0 amide bonds. The molecule has 4 atom stereocenters. The van der Waals surface area contributed by atoms with Gasteiger partial charge in [0.1, 0.15) is 24.6 Å². The molecule has 22 heavy (non-hydrogen) atoms. The van der Waals surface area contributed by atoms with E-state index in [0.29, 0.717) is 22.9 Å². The predicted octanol–water partition coefficient (Wildman–Crippen LogP) is -0.830. The fourth-order valence-electron chi connectivity index (χ4n) is 2.42. The van der Waals surface area contributed by atoms with E-state index in [1.165, 1.54) is 17.2 Å². The van der Waals surface area contributed by atoms with Crippen molar-refractivity contribution in [1.82, 2.24) is 19.5 Å². The minimum absolute atomic E-state index is 0.378. The van der Waals surface area contributed by atoms with Crippen molar-refractivity contribution >= 4 is 28.7 Å². The minimum Gasteiger partial charge on any atom is -0.394 e. The van der Waals surface area contributed by atoms with Gasteiger partial charge in [0.15, 0.2) is 23.2 Å². The summed E-state index contributed by atoms with van der Waals surface area (Å²) < 4.78 is 7.03. The molecule has 3 rings (SSSR count). The zero-order chi connectivity index (χ0) is 15.7. The highest BCUT2D eigenvalue weighted by molar-refractivity contribution is 7.98. The topological polar surface area (TPSA) is 126 Å². The number of aliphatic hydroxyl groups is 3. The maximum Gasteiger partial charge on any atom is 0.167 e. The van der Waals surface area contributed by atoms with Gasteiger partial charge in [-0.3, -0.25) is 4.57 Å². The lowest BCUT2D eigenvalue weighted by molar-refractivity contribution is -0.0511. The first-order chi connectivity index (χ1) is 10.7. The number of hydrogen-bond acceptors (Lipinski definition) is 9. The van der Waals surface area contributed by atoms with Gasteiger partial charge < -0.3 is 25.4 Å². The van der Waals surface area contributed by atoms with E-state index in [2.05, 4.69) is 20.3 Å². The molecule has 0 aromatic carbocycles. The van der Waals surface area contributed by atoms with E-state index in [4.69, 9.17) is 9.84 Å². The fourth-order valence-corrected chi connectivity index (χ4v) is 2.70. The van der Waals surface area contributed by atoms with Gasteiger partial charge in [0.05, 0.1) is 18.8 Å². The van der Waals surface area contributed by atoms with E-state index in [0.717, 1.165) is 0 Å². The van der Waals surface area contributed by atoms with Gasteiger partial charge in [-0.15, -0.1) is 11.8 Å². The monoisotopic (exact) mass is 327 g/mol. The highest BCUT2D eigenvalue weighted by Gasteiger charge is 2.43. The van der Waals surface area contributed by atoms with Crippen molar-refractivity contribution in [3.8, 4) is 0 Å². The Morgan fingerprint density at radius 1 is 1.32 bits per heavy atom. The van der Waals surface area contributed by atoms with Crippen molar-refractivity contribution in [2.75, 3.05) is 24.1 Å². The highest BCUT2D eigenvalue weighted by atomic mass is 32.2. The van der Waals surface area contributed by atoms with E-state index in [-0.39, 0.29) is 6.61 Å². The van der Waals surface area contributed by atoms with Gasteiger partial charge in [0, 0.05) is 0 Å². The van der Waals surface area contributed by atoms with Crippen molar-refractivity contribution in [1.29, 1.82) is 0 Å². The lowest BCUT2D eigenvalue weighted by Crippen LogP contribution is -2.33. The summed E-state index contributed by atoms with van der Waals surface area (Å²) in [7, 11) is 0. The van der Waals surface area contributed by atoms with Crippen LogP contribution >= 0.6 is 11.8 Å². The van der Waals surface area contributed by atoms with Crippen LogP contribution in [0.25, 0.3) is 11.2 Å². The first kappa shape index (κ1) is 15.4. The maximum absolute atomic E-state index is 10.1. The normalized spacial score (nSPS) is 28.4. The number of nitrogens with one attached hydrogen (secondary N) is 1. The third-order valence-electron chi connectivity index (χ3n) is 3.53. The molecule has 3 heterocycles. The maximum atomic E-state index is 10.1. The van der Waals surface area contributed by atoms with E-state index in [1.807, 2.05) is 6.26 Å². The number of aliphatic hydroxyl groups excluding tert-OH is 3. The number of hydrogen-bond donors (Lipinski definition) is 4. The van der Waals surface area contributed by atoms with Gasteiger partial charge in [0.25, 0.3) is 0 Å². The van der Waals surface area contributed by atoms with E-state index in [9.17, 15) is 10.2 Å². The van der Waals surface area contributed by atoms with Gasteiger partial charge in [-0.25, -0.2) is 15.0 Å². The molecule has 4 N–H and O–H groups in total. The number of fused-ring (bicyclic) bond motifs is 1. The Labute approximate surface area is 130 Å². The summed E-state index contributed by atoms with van der Waals surface area (Å²) in [5.74, 6) is 1.26. The van der Waals surface area contributed by atoms with Crippen molar-refractivity contribution in [3.63, 3.8) is 0 Å². The Kier molecular flexibility index (Phi) is 4.45. The van der Waals surface area contributed by atoms with Crippen LogP contribution in [-0.4, -0.2) is 71.9 Å². The summed E-state index contributed by atoms with van der Waals surface area (Å²) in [6, 6.07) is 0. The second-order valence-corrected chi connectivity index (χ2v) is 5.75. The number of imidazole rings is 1. The molecule has 120 valence electrons. The molecule has 0 bridgehead atoms. The van der Waals surface area contributed by atoms with Crippen LogP contribution in [0, 0.1) is 0 Å². The van der Waals surface area contributed by atoms with Gasteiger partial charge in [-0.05, 0) is 6.26 Å². The lowest BCUT2D eigenvalue weighted by atomic mass is 10.1. The first-order valence-electron chi connectivity index (χ1n) is 6.70. The molecule has 1 aliphatic rings. The van der Waals surface area contributed by atoms with Crippen molar-refractivity contribution in [2.24, 2.45) is 0 Å². The van der Waals surface area contributed by atoms with Crippen molar-refractivity contribution in [3.05, 3.63) is 12.7 Å². The Bertz CT molecular complexity index is 653. The van der Waals surface area contributed by atoms with Crippen LogP contribution in [0.15, 0.2) is 12.7 Å². The van der Waals surface area contributed by atoms with Crippen LogP contribution < -0.4 is 5.32 Å². The van der Waals surface area contributed by atoms with Crippen LogP contribution in [-0.2, 0) is 4.74 Å². The molecule has 4 unspecified atom stereocenters. The summed E-state index contributed by atoms with van der Waals surface area (Å²) in [6.07, 6.45) is 0.793. The third kappa shape index (κ3) is 2.52. The van der Waals surface area contributed by atoms with Crippen molar-refractivity contribution in [2.45, 2.75) is 24.5 Å². The molecule has 0 saturated carbocycles. The summed E-state index contributed by atoms with van der Waals surface area (Å²) >= 11 is 1.61. The summed E-state index contributed by atoms with van der Waals surface area (Å²) in [4.78, 5) is 12.6. The van der Waals surface area contributed by atoms with E-state index < -0.39 is 24.5 Å². The predicted molar refractivity (Wildman–Crippen MR) is 80.3 cm³/mol. The number of anilines is 1. The quantitative estimate of drug-likeness (QED) is 0.521. The van der Waals surface area contributed by atoms with Gasteiger partial charge in [-0.1, -0.05) is 0 Å². The molecule has 1 fully saturated rings. The van der Waals surface area contributed by atoms with Gasteiger partial charge in [0.2, 0.25) is 0 Å². The Morgan fingerprint density at radius 2 is 2.14 bits per heavy atom. The molecule has 0 aliphatic carbocycles. The highest BCUT2D eigenvalue weighted by Crippen LogP contribution is 2.32. The zero-order valence-corrected chi connectivity index (χ0v) is 12.6. The smallest absolute Gasteiger partial charge is 0.167 e. The summed E-state index contributed by atoms with van der Waals surface area (Å²) in [5.41, 5.74) is 1.03. The van der Waals surface area contributed by atoms with Crippen LogP contribution in [0.2, 0.25) is 0 Å². The molecule has 1 saturated heterocycles. The second kappa shape index (κ2) is 6.34. The molecule has 2 aromatic heterocycles. The molecule has 0 spiro atoms. The Balaban J connectivity index is 1.95. The number of ether oxygens (including phenoxy) is 1. The number of rotatable bonds is 5. The lowest BCUT2D eigenvalue weighted by Gasteiger charge is -2.16. The average Bonchev–Trinajstić information content (AvgIpc) is 3.08. The molecule has 1 aliphatic heterocycles. The largest absolute Gasteiger partial charge is 0.394 e. The van der Waals surface area contributed by atoms with Gasteiger partial charge in [-0.2, -0.15) is 0 Å². The Morgan fingerprint density at radius 3 is 2.82 bits per heavy atom. The third-order valence-corrected chi connectivity index (χ3v) is 3.97. The zero-order valence-electron chi connectivity index (χ0n) is 11.8. The van der Waals surface area contributed by atoms with Gasteiger partial charge >= 0.3 is 0 Å². The van der Waals surface area contributed by atoms with Crippen LogP contribution in [0.5, 0.6) is 0 Å². The van der Waals surface area contributed by atoms with E-state index in [1.54, 1.807) is 11.8 Å². The average molecular weight is 327 g/mol. The molecule has 0 radical (unpaired) electrons. The van der Waals surface area contributed by atoms with Crippen LogP contribution in [0.1, 0.15) is 6.23 Å². The van der Waals surface area contributed by atoms with Crippen molar-refractivity contribution < 1.29 is 20.1 Å². The standard InChI is InChI=1S/C12H17N5O4S/c1-22-5-16-10-7-11(14-3-13-10)17(4-15-7)12-9(20)8(19)6(2-18)21-12/h3-4,6,8-9,12,18-20H,2,5H2,1H3,(H,13,14,16). The molecule has 2 aromatic rings. The molecule has 10 heteroatoms. The molecule has 9 nitrogen and oxygen atoms in total. The van der Waals surface area contributed by atoms with E-state index >= 15 is 0 Å². The summed E-state index contributed by atoms with van der Waals surface area (Å²) in [6.45, 7) is -0.378. The fraction of sp³-hybridized carbons (Fsp3) is 0.583. The minimum atomic E-state index is -1.17. The molecular weight excluding hydrogens is 310 g/mol. The number of aromatic nitrogens is 4. The molecular formula is C12H17N5O4S. The Hall–Kier alpha value is -1.46. The number of nitrogens with zero attached hydrogens (tertiary/aromatic N) is 4. The first-order valence-corrected chi connectivity index (χ1v) is 8.09. The SMILES string of the molecule is CSCNc1ncnc2c1ncn2C1OC(CO)C(O)C1O. The van der Waals surface area contributed by atoms with Crippen LogP contribution in [0.4, 0.5) is 5.82 Å². The number of thioether (sulfide) groups is 1. The summed E-state index contributed by atoms with van der Waals surface area (Å²) in [5, 5.41) is 32.2. The second-order valence-electron chi connectivity index (χ2n) is 4.88.